The Labute approximate surface area is 141 Å². The zero-order chi connectivity index (χ0) is 17.6. The molecule has 3 aliphatic rings. The summed E-state index contributed by atoms with van der Waals surface area (Å²) in [5.41, 5.74) is 4.76. The van der Waals surface area contributed by atoms with Crippen LogP contribution >= 0.6 is 0 Å². The number of nitrogens with zero attached hydrogens (tertiary/aromatic N) is 1. The molecule has 6 nitrogen and oxygen atoms in total. The van der Waals surface area contributed by atoms with Crippen molar-refractivity contribution in [2.24, 2.45) is 5.73 Å². The molecule has 1 aromatic heterocycles. The van der Waals surface area contributed by atoms with E-state index in [-0.39, 0.29) is 23.6 Å². The Hall–Kier alpha value is -3.22. The van der Waals surface area contributed by atoms with Crippen molar-refractivity contribution in [1.82, 2.24) is 4.98 Å². The Morgan fingerprint density at radius 2 is 2.08 bits per heavy atom. The first-order valence-corrected chi connectivity index (χ1v) is 7.62. The molecule has 0 aromatic carbocycles. The lowest BCUT2D eigenvalue weighted by molar-refractivity contribution is -0.121. The first kappa shape index (κ1) is 15.3. The molecule has 0 bridgehead atoms. The SMILES string of the molecule is NC(=O)[C@@]1(c2ccc3cc(OC(=O)c4ccccn4)cc-3o2)C[C@@H]1F. The summed E-state index contributed by atoms with van der Waals surface area (Å²) in [5, 5.41) is 0. The van der Waals surface area contributed by atoms with Gasteiger partial charge in [0.25, 0.3) is 0 Å². The van der Waals surface area contributed by atoms with E-state index >= 15 is 0 Å². The number of carbonyl (C=O) groups excluding carboxylic acids is 2. The number of amides is 1. The fraction of sp³-hybridized carbons (Fsp3) is 0.167. The highest BCUT2D eigenvalue weighted by molar-refractivity contribution is 5.91. The number of carbonyl (C=O) groups is 2. The molecule has 25 heavy (non-hydrogen) atoms. The molecule has 2 aliphatic carbocycles. The average molecular weight is 340 g/mol. The van der Waals surface area contributed by atoms with Gasteiger partial charge in [0.1, 0.15) is 34.6 Å². The lowest BCUT2D eigenvalue weighted by atomic mass is 10.0. The molecule has 2 N–H and O–H groups in total. The number of nitrogens with two attached hydrogens (primary N) is 1. The minimum absolute atomic E-state index is 0.0135. The molecule has 1 fully saturated rings. The number of aromatic nitrogens is 1. The van der Waals surface area contributed by atoms with E-state index in [4.69, 9.17) is 14.9 Å². The van der Waals surface area contributed by atoms with Crippen molar-refractivity contribution in [3.8, 4) is 17.1 Å². The minimum Gasteiger partial charge on any atom is -0.460 e. The Bertz CT molecular complexity index is 939. The fourth-order valence-corrected chi connectivity index (χ4v) is 2.81. The van der Waals surface area contributed by atoms with Gasteiger partial charge in [-0.05, 0) is 30.3 Å². The summed E-state index contributed by atoms with van der Waals surface area (Å²) < 4.78 is 24.6. The molecule has 0 radical (unpaired) electrons. The minimum atomic E-state index is -1.39. The molecule has 1 aliphatic heterocycles. The van der Waals surface area contributed by atoms with Crippen molar-refractivity contribution in [1.29, 1.82) is 0 Å². The number of rotatable bonds is 4. The number of esters is 1. The molecule has 0 unspecified atom stereocenters. The van der Waals surface area contributed by atoms with Gasteiger partial charge >= 0.3 is 5.97 Å². The van der Waals surface area contributed by atoms with E-state index in [9.17, 15) is 14.0 Å². The van der Waals surface area contributed by atoms with Crippen molar-refractivity contribution in [3.63, 3.8) is 0 Å². The van der Waals surface area contributed by atoms with Gasteiger partial charge in [-0.1, -0.05) is 6.07 Å². The lowest BCUT2D eigenvalue weighted by Crippen LogP contribution is -2.31. The van der Waals surface area contributed by atoms with Crippen LogP contribution in [0, 0.1) is 0 Å². The maximum atomic E-state index is 13.7. The van der Waals surface area contributed by atoms with E-state index in [1.54, 1.807) is 30.3 Å². The van der Waals surface area contributed by atoms with E-state index in [1.165, 1.54) is 18.3 Å². The summed E-state index contributed by atoms with van der Waals surface area (Å²) in [6, 6.07) is 11.2. The summed E-state index contributed by atoms with van der Waals surface area (Å²) in [6.45, 7) is 0. The summed E-state index contributed by atoms with van der Waals surface area (Å²) >= 11 is 0. The molecule has 2 heterocycles. The highest BCUT2D eigenvalue weighted by Gasteiger charge is 2.64. The number of hydrogen-bond donors (Lipinski definition) is 1. The second-order valence-corrected chi connectivity index (χ2v) is 5.92. The molecule has 0 spiro atoms. The first-order valence-electron chi connectivity index (χ1n) is 7.62. The number of fused-ring (bicyclic) bond motifs is 1. The van der Waals surface area contributed by atoms with Crippen LogP contribution in [0.4, 0.5) is 4.39 Å². The van der Waals surface area contributed by atoms with Gasteiger partial charge in [-0.2, -0.15) is 0 Å². The van der Waals surface area contributed by atoms with E-state index < -0.39 is 23.5 Å². The zero-order valence-corrected chi connectivity index (χ0v) is 12.9. The van der Waals surface area contributed by atoms with Crippen LogP contribution in [0.25, 0.3) is 11.3 Å². The van der Waals surface area contributed by atoms with Gasteiger partial charge in [-0.3, -0.25) is 4.79 Å². The predicted molar refractivity (Wildman–Crippen MR) is 84.9 cm³/mol. The zero-order valence-electron chi connectivity index (χ0n) is 12.9. The quantitative estimate of drug-likeness (QED) is 0.736. The third-order valence-corrected chi connectivity index (χ3v) is 4.33. The molecular formula is C18H13FN2O4. The van der Waals surface area contributed by atoms with E-state index in [1.807, 2.05) is 0 Å². The highest BCUT2D eigenvalue weighted by Crippen LogP contribution is 2.51. The summed E-state index contributed by atoms with van der Waals surface area (Å²) in [6.07, 6.45) is 0.161. The van der Waals surface area contributed by atoms with Crippen LogP contribution in [0.2, 0.25) is 0 Å². The third-order valence-electron chi connectivity index (χ3n) is 4.33. The van der Waals surface area contributed by atoms with Crippen LogP contribution < -0.4 is 10.5 Å². The fourth-order valence-electron chi connectivity index (χ4n) is 2.81. The van der Waals surface area contributed by atoms with Gasteiger partial charge in [0.15, 0.2) is 0 Å². The summed E-state index contributed by atoms with van der Waals surface area (Å²) in [7, 11) is 0. The predicted octanol–water partition coefficient (Wildman–Crippen LogP) is 2.46. The maximum Gasteiger partial charge on any atom is 0.362 e. The van der Waals surface area contributed by atoms with Gasteiger partial charge in [-0.15, -0.1) is 0 Å². The van der Waals surface area contributed by atoms with Crippen LogP contribution in [0.3, 0.4) is 0 Å². The van der Waals surface area contributed by atoms with Crippen molar-refractivity contribution >= 4 is 11.9 Å². The van der Waals surface area contributed by atoms with Gasteiger partial charge in [0.2, 0.25) is 5.91 Å². The van der Waals surface area contributed by atoms with Gasteiger partial charge in [0, 0.05) is 24.2 Å². The Kier molecular flexibility index (Phi) is 3.31. The number of primary amides is 1. The normalized spacial score (nSPS) is 21.9. The van der Waals surface area contributed by atoms with Crippen molar-refractivity contribution in [2.45, 2.75) is 18.0 Å². The van der Waals surface area contributed by atoms with Crippen molar-refractivity contribution < 1.29 is 23.1 Å². The topological polar surface area (TPSA) is 95.4 Å². The van der Waals surface area contributed by atoms with Crippen LogP contribution in [0.1, 0.15) is 22.7 Å². The average Bonchev–Trinajstić information content (AvgIpc) is 3.13. The Morgan fingerprint density at radius 3 is 2.72 bits per heavy atom. The second-order valence-electron chi connectivity index (χ2n) is 5.92. The Morgan fingerprint density at radius 1 is 1.28 bits per heavy atom. The largest absolute Gasteiger partial charge is 0.460 e. The van der Waals surface area contributed by atoms with E-state index in [2.05, 4.69) is 4.98 Å². The van der Waals surface area contributed by atoms with Gasteiger partial charge < -0.3 is 14.9 Å². The van der Waals surface area contributed by atoms with Crippen LogP contribution in [-0.2, 0) is 10.2 Å². The second kappa shape index (κ2) is 5.41. The molecule has 4 rings (SSSR count). The van der Waals surface area contributed by atoms with Crippen LogP contribution in [0.5, 0.6) is 5.75 Å². The molecule has 0 saturated heterocycles. The highest BCUT2D eigenvalue weighted by atomic mass is 19.1. The Balaban J connectivity index is 1.63. The van der Waals surface area contributed by atoms with Crippen LogP contribution in [-0.4, -0.2) is 23.0 Å². The number of pyridine rings is 1. The molecule has 1 saturated carbocycles. The van der Waals surface area contributed by atoms with Crippen molar-refractivity contribution in [2.75, 3.05) is 0 Å². The van der Waals surface area contributed by atoms with Crippen LogP contribution in [0.15, 0.2) is 53.1 Å². The maximum absolute atomic E-state index is 13.7. The monoisotopic (exact) mass is 340 g/mol. The molecule has 1 aromatic rings. The molecular weight excluding hydrogens is 327 g/mol. The third kappa shape index (κ3) is 2.44. The number of ether oxygens (including phenoxy) is 1. The standard InChI is InChI=1S/C18H13FN2O4/c19-14-9-18(14,17(20)23)15-5-4-10-7-11(8-13(10)25-15)24-16(22)12-3-1-2-6-21-12/h1-8,14H,9H2,(H2,20,23)/t14-,18-/m0/s1. The van der Waals surface area contributed by atoms with E-state index in [0.717, 1.165) is 0 Å². The van der Waals surface area contributed by atoms with Crippen molar-refractivity contribution in [3.05, 3.63) is 60.1 Å². The summed E-state index contributed by atoms with van der Waals surface area (Å²) in [5.74, 6) is -0.534. The number of halogens is 1. The van der Waals surface area contributed by atoms with Gasteiger partial charge in [0.05, 0.1) is 0 Å². The van der Waals surface area contributed by atoms with Gasteiger partial charge in [-0.25, -0.2) is 14.2 Å². The van der Waals surface area contributed by atoms with E-state index in [0.29, 0.717) is 11.3 Å². The number of alkyl halides is 1. The lowest BCUT2D eigenvalue weighted by Gasteiger charge is -2.11. The first-order chi connectivity index (χ1) is 12.0. The molecule has 7 heteroatoms. The molecule has 1 amide bonds. The summed E-state index contributed by atoms with van der Waals surface area (Å²) in [4.78, 5) is 27.5. The molecule has 2 atom stereocenters. The number of hydrogen-bond acceptors (Lipinski definition) is 5. The molecule has 126 valence electrons. The smallest absolute Gasteiger partial charge is 0.362 e.